The Morgan fingerprint density at radius 2 is 1.42 bits per heavy atom. The molecule has 0 aliphatic heterocycles. The quantitative estimate of drug-likeness (QED) is 0.237. The van der Waals surface area contributed by atoms with Gasteiger partial charge in [-0.15, -0.1) is 0 Å². The van der Waals surface area contributed by atoms with Gasteiger partial charge in [-0.3, -0.25) is 19.3 Å². The number of amides is 4. The van der Waals surface area contributed by atoms with Crippen molar-refractivity contribution in [1.82, 2.24) is 5.32 Å². The summed E-state index contributed by atoms with van der Waals surface area (Å²) in [6.45, 7) is 2.46. The zero-order valence-corrected chi connectivity index (χ0v) is 25.7. The van der Waals surface area contributed by atoms with Crippen molar-refractivity contribution in [2.24, 2.45) is 0 Å². The maximum absolute atomic E-state index is 12.8. The third-order valence-corrected chi connectivity index (χ3v) is 6.57. The molecule has 0 aliphatic carbocycles. The van der Waals surface area contributed by atoms with Crippen molar-refractivity contribution in [3.8, 4) is 5.75 Å². The first-order chi connectivity index (χ1) is 21.6. The van der Waals surface area contributed by atoms with Crippen molar-refractivity contribution in [1.29, 1.82) is 0 Å². The van der Waals surface area contributed by atoms with E-state index in [1.54, 1.807) is 48.5 Å². The van der Waals surface area contributed by atoms with Crippen LogP contribution in [0.5, 0.6) is 5.75 Å². The second kappa shape index (κ2) is 16.4. The lowest BCUT2D eigenvalue weighted by Crippen LogP contribution is -2.34. The molecule has 0 aliphatic rings. The first-order valence-electron chi connectivity index (χ1n) is 13.8. The molecule has 3 aromatic rings. The molecule has 1 unspecified atom stereocenters. The van der Waals surface area contributed by atoms with Crippen LogP contribution in [0, 0.1) is 6.92 Å². The Kier molecular flexibility index (Phi) is 12.4. The largest absolute Gasteiger partial charge is 0.494 e. The Labute approximate surface area is 260 Å². The number of hydrogen-bond donors (Lipinski definition) is 3. The number of anilines is 4. The second-order valence-corrected chi connectivity index (χ2v) is 9.69. The molecule has 45 heavy (non-hydrogen) atoms. The lowest BCUT2D eigenvalue weighted by molar-refractivity contribution is -0.147. The zero-order chi connectivity index (χ0) is 32.9. The molecule has 1 atom stereocenters. The summed E-state index contributed by atoms with van der Waals surface area (Å²) < 4.78 is 19.8. The molecule has 0 saturated heterocycles. The van der Waals surface area contributed by atoms with E-state index in [0.29, 0.717) is 34.1 Å². The molecule has 3 N–H and O–H groups in total. The Morgan fingerprint density at radius 3 is 2.04 bits per heavy atom. The fourth-order valence-electron chi connectivity index (χ4n) is 4.30. The molecule has 0 heterocycles. The van der Waals surface area contributed by atoms with Crippen molar-refractivity contribution in [3.05, 3.63) is 77.9 Å². The number of esters is 2. The summed E-state index contributed by atoms with van der Waals surface area (Å²) in [5, 5.41) is 8.26. The fraction of sp³-hybridized carbons (Fsp3) is 0.281. The van der Waals surface area contributed by atoms with Gasteiger partial charge in [0.25, 0.3) is 0 Å². The number of methoxy groups -OCH3 is 3. The van der Waals surface area contributed by atoms with Crippen LogP contribution >= 0.6 is 0 Å². The van der Waals surface area contributed by atoms with Gasteiger partial charge in [-0.2, -0.15) is 0 Å². The summed E-state index contributed by atoms with van der Waals surface area (Å²) in [4.78, 5) is 62.6. The van der Waals surface area contributed by atoms with Crippen LogP contribution < -0.4 is 25.6 Å². The highest BCUT2D eigenvalue weighted by Gasteiger charge is 2.22. The molecule has 0 bridgehead atoms. The lowest BCUT2D eigenvalue weighted by Gasteiger charge is -2.24. The number of carbonyl (C=O) groups excluding carboxylic acids is 5. The molecular formula is C32H36N4O9. The van der Waals surface area contributed by atoms with Crippen LogP contribution in [0.1, 0.15) is 30.5 Å². The van der Waals surface area contributed by atoms with E-state index in [-0.39, 0.29) is 12.3 Å². The fourth-order valence-corrected chi connectivity index (χ4v) is 4.30. The van der Waals surface area contributed by atoms with Crippen molar-refractivity contribution in [2.45, 2.75) is 26.3 Å². The Bertz CT molecular complexity index is 1530. The third-order valence-electron chi connectivity index (χ3n) is 6.57. The molecule has 3 aromatic carbocycles. The number of nitrogens with one attached hydrogen (secondary N) is 3. The highest BCUT2D eigenvalue weighted by molar-refractivity contribution is 6.03. The minimum Gasteiger partial charge on any atom is -0.494 e. The second-order valence-electron chi connectivity index (χ2n) is 9.69. The van der Waals surface area contributed by atoms with E-state index in [2.05, 4.69) is 20.7 Å². The Balaban J connectivity index is 1.79. The molecular weight excluding hydrogens is 584 g/mol. The van der Waals surface area contributed by atoms with Gasteiger partial charge >= 0.3 is 18.0 Å². The van der Waals surface area contributed by atoms with Crippen LogP contribution in [0.3, 0.4) is 0 Å². The van der Waals surface area contributed by atoms with Crippen molar-refractivity contribution in [2.75, 3.05) is 50.1 Å². The summed E-state index contributed by atoms with van der Waals surface area (Å²) >= 11 is 0. The minimum absolute atomic E-state index is 0.169. The molecule has 0 aromatic heterocycles. The zero-order valence-electron chi connectivity index (χ0n) is 25.7. The van der Waals surface area contributed by atoms with E-state index in [0.717, 1.165) is 5.56 Å². The van der Waals surface area contributed by atoms with E-state index in [1.807, 2.05) is 25.1 Å². The maximum Gasteiger partial charge on any atom is 0.331 e. The van der Waals surface area contributed by atoms with Gasteiger partial charge in [0.1, 0.15) is 19.0 Å². The number of hydrogen-bond acceptors (Lipinski definition) is 9. The monoisotopic (exact) mass is 620 g/mol. The number of rotatable bonds is 13. The van der Waals surface area contributed by atoms with Crippen LogP contribution in [0.2, 0.25) is 0 Å². The van der Waals surface area contributed by atoms with Gasteiger partial charge in [-0.05, 0) is 48.4 Å². The van der Waals surface area contributed by atoms with E-state index >= 15 is 0 Å². The molecule has 4 amide bonds. The minimum atomic E-state index is -0.775. The summed E-state index contributed by atoms with van der Waals surface area (Å²) in [7, 11) is 3.89. The van der Waals surface area contributed by atoms with E-state index < -0.39 is 43.1 Å². The standard InChI is InChI=1S/C32H36N4O9/c1-20-8-6-7-9-25(20)34-32(41)35-26-15-14-24(16-28(26)42-3)36(21(2)37)23-12-10-22(11-13-23)27(17-30(39)43-4)33-29(38)18-45-19-31(40)44-5/h6-16,27H,17-19H2,1-5H3,(H,33,38)(H2,34,35,41). The highest BCUT2D eigenvalue weighted by atomic mass is 16.6. The SMILES string of the molecule is COC(=O)COCC(=O)NC(CC(=O)OC)c1ccc(N(C(C)=O)c2ccc(NC(=O)Nc3ccccc3C)c(OC)c2)cc1. The lowest BCUT2D eigenvalue weighted by atomic mass is 10.0. The van der Waals surface area contributed by atoms with Gasteiger partial charge in [0, 0.05) is 24.4 Å². The summed E-state index contributed by atoms with van der Waals surface area (Å²) in [6, 6.07) is 17.7. The summed E-state index contributed by atoms with van der Waals surface area (Å²) in [5.41, 5.74) is 3.49. The molecule has 13 heteroatoms. The van der Waals surface area contributed by atoms with E-state index in [1.165, 1.54) is 33.2 Å². The van der Waals surface area contributed by atoms with Crippen LogP contribution in [-0.2, 0) is 33.4 Å². The Morgan fingerprint density at radius 1 is 0.778 bits per heavy atom. The number of aryl methyl sites for hydroxylation is 1. The van der Waals surface area contributed by atoms with Crippen LogP contribution in [0.4, 0.5) is 27.5 Å². The topological polar surface area (TPSA) is 162 Å². The molecule has 238 valence electrons. The maximum atomic E-state index is 12.8. The van der Waals surface area contributed by atoms with E-state index in [4.69, 9.17) is 14.2 Å². The highest BCUT2D eigenvalue weighted by Crippen LogP contribution is 2.34. The van der Waals surface area contributed by atoms with Gasteiger partial charge in [0.15, 0.2) is 0 Å². The summed E-state index contributed by atoms with van der Waals surface area (Å²) in [5.74, 6) is -1.73. The van der Waals surface area contributed by atoms with Crippen LogP contribution in [-0.4, -0.2) is 64.3 Å². The first kappa shape index (κ1) is 34.1. The van der Waals surface area contributed by atoms with Crippen LogP contribution in [0.25, 0.3) is 0 Å². The first-order valence-corrected chi connectivity index (χ1v) is 13.8. The van der Waals surface area contributed by atoms with Gasteiger partial charge in [-0.25, -0.2) is 9.59 Å². The van der Waals surface area contributed by atoms with Gasteiger partial charge < -0.3 is 34.9 Å². The third kappa shape index (κ3) is 9.79. The predicted octanol–water partition coefficient (Wildman–Crippen LogP) is 4.24. The number of urea groups is 1. The predicted molar refractivity (Wildman–Crippen MR) is 166 cm³/mol. The van der Waals surface area contributed by atoms with Crippen LogP contribution in [0.15, 0.2) is 66.7 Å². The van der Waals surface area contributed by atoms with E-state index in [9.17, 15) is 24.0 Å². The van der Waals surface area contributed by atoms with Crippen molar-refractivity contribution in [3.63, 3.8) is 0 Å². The number of para-hydroxylation sites is 1. The summed E-state index contributed by atoms with van der Waals surface area (Å²) in [6.07, 6.45) is -0.169. The number of benzene rings is 3. The normalized spacial score (nSPS) is 11.0. The average Bonchev–Trinajstić information content (AvgIpc) is 3.02. The van der Waals surface area contributed by atoms with Crippen molar-refractivity contribution < 1.29 is 42.9 Å². The van der Waals surface area contributed by atoms with Gasteiger partial charge in [-0.1, -0.05) is 30.3 Å². The number of carbonyl (C=O) groups is 5. The molecule has 0 radical (unpaired) electrons. The smallest absolute Gasteiger partial charge is 0.331 e. The average molecular weight is 621 g/mol. The van der Waals surface area contributed by atoms with Gasteiger partial charge in [0.2, 0.25) is 11.8 Å². The molecule has 0 saturated carbocycles. The number of ether oxygens (including phenoxy) is 4. The number of nitrogens with zero attached hydrogens (tertiary/aromatic N) is 1. The molecule has 13 nitrogen and oxygen atoms in total. The molecule has 0 fully saturated rings. The van der Waals surface area contributed by atoms with Crippen molar-refractivity contribution >= 4 is 52.5 Å². The Hall–Kier alpha value is -5.43. The van der Waals surface area contributed by atoms with Gasteiger partial charge in [0.05, 0.1) is 45.2 Å². The molecule has 0 spiro atoms. The molecule has 3 rings (SSSR count).